The fourth-order valence-corrected chi connectivity index (χ4v) is 2.11. The summed E-state index contributed by atoms with van der Waals surface area (Å²) in [4.78, 5) is 11.0. The smallest absolute Gasteiger partial charge is 0.248 e. The van der Waals surface area contributed by atoms with E-state index in [1.165, 1.54) is 6.07 Å². The van der Waals surface area contributed by atoms with Crippen molar-refractivity contribution in [2.45, 2.75) is 32.8 Å². The monoisotopic (exact) mass is 265 g/mol. The molecule has 1 aromatic carbocycles. The van der Waals surface area contributed by atoms with Gasteiger partial charge < -0.3 is 21.9 Å². The van der Waals surface area contributed by atoms with Crippen LogP contribution in [0.5, 0.6) is 0 Å². The fourth-order valence-electron chi connectivity index (χ4n) is 2.11. The number of aliphatic hydroxyl groups is 1. The third-order valence-corrected chi connectivity index (χ3v) is 2.84. The summed E-state index contributed by atoms with van der Waals surface area (Å²) in [6.45, 7) is 6.30. The maximum absolute atomic E-state index is 11.0. The number of hydrogen-bond donors (Lipinski definition) is 4. The van der Waals surface area contributed by atoms with E-state index in [4.69, 9.17) is 11.5 Å². The molecule has 19 heavy (non-hydrogen) atoms. The lowest BCUT2D eigenvalue weighted by Crippen LogP contribution is -2.35. The van der Waals surface area contributed by atoms with Crippen LogP contribution in [0.25, 0.3) is 0 Å². The molecule has 0 aliphatic heterocycles. The SMILES string of the molecule is CC(C)CC(C)(O)CNc1ccc(C(N)=O)cc1N. The van der Waals surface area contributed by atoms with Gasteiger partial charge in [0.15, 0.2) is 0 Å². The highest BCUT2D eigenvalue weighted by molar-refractivity contribution is 5.94. The highest BCUT2D eigenvalue weighted by Gasteiger charge is 2.21. The molecule has 0 saturated carbocycles. The molecule has 1 rings (SSSR count). The zero-order valence-electron chi connectivity index (χ0n) is 11.7. The predicted molar refractivity (Wildman–Crippen MR) is 77.9 cm³/mol. The molecular formula is C14H23N3O2. The first kappa shape index (κ1) is 15.3. The summed E-state index contributed by atoms with van der Waals surface area (Å²) in [6, 6.07) is 4.83. The second-order valence-corrected chi connectivity index (χ2v) is 5.61. The van der Waals surface area contributed by atoms with Gasteiger partial charge in [0.05, 0.1) is 17.0 Å². The van der Waals surface area contributed by atoms with Gasteiger partial charge in [0.2, 0.25) is 5.91 Å². The topological polar surface area (TPSA) is 101 Å². The highest BCUT2D eigenvalue weighted by atomic mass is 16.3. The number of carbonyl (C=O) groups excluding carboxylic acids is 1. The molecule has 0 bridgehead atoms. The normalized spacial score (nSPS) is 14.2. The molecule has 1 amide bonds. The van der Waals surface area contributed by atoms with Gasteiger partial charge in [-0.15, -0.1) is 0 Å². The van der Waals surface area contributed by atoms with Crippen molar-refractivity contribution < 1.29 is 9.90 Å². The molecule has 0 saturated heterocycles. The second-order valence-electron chi connectivity index (χ2n) is 5.61. The summed E-state index contributed by atoms with van der Waals surface area (Å²) >= 11 is 0. The summed E-state index contributed by atoms with van der Waals surface area (Å²) < 4.78 is 0. The summed E-state index contributed by atoms with van der Waals surface area (Å²) in [6.07, 6.45) is 0.694. The van der Waals surface area contributed by atoms with Gasteiger partial charge in [-0.1, -0.05) is 13.8 Å². The average molecular weight is 265 g/mol. The second kappa shape index (κ2) is 5.93. The van der Waals surface area contributed by atoms with Crippen LogP contribution in [0.1, 0.15) is 37.6 Å². The molecule has 0 radical (unpaired) electrons. The molecule has 0 heterocycles. The van der Waals surface area contributed by atoms with Crippen LogP contribution in [-0.2, 0) is 0 Å². The zero-order chi connectivity index (χ0) is 14.6. The maximum Gasteiger partial charge on any atom is 0.248 e. The molecular weight excluding hydrogens is 242 g/mol. The van der Waals surface area contributed by atoms with Gasteiger partial charge in [-0.05, 0) is 37.5 Å². The van der Waals surface area contributed by atoms with Gasteiger partial charge in [0, 0.05) is 12.1 Å². The lowest BCUT2D eigenvalue weighted by Gasteiger charge is -2.26. The van der Waals surface area contributed by atoms with Crippen molar-refractivity contribution in [2.24, 2.45) is 11.7 Å². The van der Waals surface area contributed by atoms with Crippen molar-refractivity contribution in [3.63, 3.8) is 0 Å². The number of anilines is 2. The van der Waals surface area contributed by atoms with E-state index in [1.54, 1.807) is 19.1 Å². The molecule has 0 fully saturated rings. The molecule has 0 aromatic heterocycles. The molecule has 1 aromatic rings. The third kappa shape index (κ3) is 4.79. The molecule has 6 N–H and O–H groups in total. The predicted octanol–water partition coefficient (Wildman–Crippen LogP) is 1.58. The van der Waals surface area contributed by atoms with E-state index in [0.717, 1.165) is 0 Å². The first-order chi connectivity index (χ1) is 8.71. The van der Waals surface area contributed by atoms with E-state index < -0.39 is 11.5 Å². The van der Waals surface area contributed by atoms with E-state index in [9.17, 15) is 9.90 Å². The minimum absolute atomic E-state index is 0.372. The molecule has 1 atom stereocenters. The van der Waals surface area contributed by atoms with E-state index in [2.05, 4.69) is 19.2 Å². The van der Waals surface area contributed by atoms with Gasteiger partial charge in [-0.2, -0.15) is 0 Å². The zero-order valence-corrected chi connectivity index (χ0v) is 11.7. The Labute approximate surface area is 114 Å². The van der Waals surface area contributed by atoms with Gasteiger partial charge >= 0.3 is 0 Å². The van der Waals surface area contributed by atoms with Crippen LogP contribution in [0.15, 0.2) is 18.2 Å². The molecule has 1 unspecified atom stereocenters. The largest absolute Gasteiger partial charge is 0.397 e. The van der Waals surface area contributed by atoms with E-state index in [1.807, 2.05) is 0 Å². The van der Waals surface area contributed by atoms with Crippen LogP contribution in [0.3, 0.4) is 0 Å². The van der Waals surface area contributed by atoms with Gasteiger partial charge in [-0.25, -0.2) is 0 Å². The highest BCUT2D eigenvalue weighted by Crippen LogP contribution is 2.22. The number of rotatable bonds is 6. The first-order valence-electron chi connectivity index (χ1n) is 6.37. The van der Waals surface area contributed by atoms with Crippen molar-refractivity contribution in [1.82, 2.24) is 0 Å². The molecule has 0 aliphatic rings. The van der Waals surface area contributed by atoms with Crippen molar-refractivity contribution in [3.05, 3.63) is 23.8 Å². The Morgan fingerprint density at radius 2 is 2.11 bits per heavy atom. The standard InChI is InChI=1S/C14H23N3O2/c1-9(2)7-14(3,19)8-17-12-5-4-10(13(16)18)6-11(12)15/h4-6,9,17,19H,7-8,15H2,1-3H3,(H2,16,18). The Hall–Kier alpha value is -1.75. The quantitative estimate of drug-likeness (QED) is 0.586. The molecule has 0 aliphatic carbocycles. The molecule has 106 valence electrons. The average Bonchev–Trinajstić information content (AvgIpc) is 2.25. The van der Waals surface area contributed by atoms with Crippen molar-refractivity contribution in [3.8, 4) is 0 Å². The number of benzene rings is 1. The van der Waals surface area contributed by atoms with E-state index >= 15 is 0 Å². The summed E-state index contributed by atoms with van der Waals surface area (Å²) in [5, 5.41) is 13.3. The van der Waals surface area contributed by atoms with Crippen molar-refractivity contribution in [2.75, 3.05) is 17.6 Å². The van der Waals surface area contributed by atoms with Crippen LogP contribution >= 0.6 is 0 Å². The Kier molecular flexibility index (Phi) is 4.78. The number of amides is 1. The fraction of sp³-hybridized carbons (Fsp3) is 0.500. The summed E-state index contributed by atoms with van der Waals surface area (Å²) in [5.41, 5.74) is 11.7. The van der Waals surface area contributed by atoms with Crippen molar-refractivity contribution in [1.29, 1.82) is 0 Å². The first-order valence-corrected chi connectivity index (χ1v) is 6.37. The van der Waals surface area contributed by atoms with Crippen LogP contribution in [0, 0.1) is 5.92 Å². The minimum Gasteiger partial charge on any atom is -0.397 e. The van der Waals surface area contributed by atoms with Gasteiger partial charge in [0.25, 0.3) is 0 Å². The molecule has 5 nitrogen and oxygen atoms in total. The number of nitrogen functional groups attached to an aromatic ring is 1. The summed E-state index contributed by atoms with van der Waals surface area (Å²) in [5.74, 6) is -0.101. The van der Waals surface area contributed by atoms with Crippen LogP contribution in [0.2, 0.25) is 0 Å². The van der Waals surface area contributed by atoms with E-state index in [0.29, 0.717) is 35.8 Å². The maximum atomic E-state index is 11.0. The molecule has 0 spiro atoms. The number of carbonyl (C=O) groups is 1. The lowest BCUT2D eigenvalue weighted by atomic mass is 9.94. The number of hydrogen-bond acceptors (Lipinski definition) is 4. The minimum atomic E-state index is -0.803. The van der Waals surface area contributed by atoms with Gasteiger partial charge in [0.1, 0.15) is 0 Å². The number of nitrogens with two attached hydrogens (primary N) is 2. The summed E-state index contributed by atoms with van der Waals surface area (Å²) in [7, 11) is 0. The van der Waals surface area contributed by atoms with E-state index in [-0.39, 0.29) is 0 Å². The number of primary amides is 1. The lowest BCUT2D eigenvalue weighted by molar-refractivity contribution is 0.0515. The third-order valence-electron chi connectivity index (χ3n) is 2.84. The Morgan fingerprint density at radius 3 is 2.58 bits per heavy atom. The van der Waals surface area contributed by atoms with Crippen molar-refractivity contribution >= 4 is 17.3 Å². The Morgan fingerprint density at radius 1 is 1.47 bits per heavy atom. The van der Waals surface area contributed by atoms with Gasteiger partial charge in [-0.3, -0.25) is 4.79 Å². The van der Waals surface area contributed by atoms with Crippen LogP contribution in [0.4, 0.5) is 11.4 Å². The Bertz CT molecular complexity index is 456. The van der Waals surface area contributed by atoms with Crippen LogP contribution in [-0.4, -0.2) is 23.2 Å². The Balaban J connectivity index is 2.71. The van der Waals surface area contributed by atoms with Crippen LogP contribution < -0.4 is 16.8 Å². The molecule has 5 heteroatoms. The number of nitrogens with one attached hydrogen (secondary N) is 1.